The molecule has 0 saturated heterocycles. The maximum absolute atomic E-state index is 13.1. The number of hydrogen-bond acceptors (Lipinski definition) is 15. The lowest BCUT2D eigenvalue weighted by Crippen LogP contribution is -2.30. The highest BCUT2D eigenvalue weighted by Crippen LogP contribution is 2.45. The molecule has 17 nitrogen and oxygen atoms in total. The van der Waals surface area contributed by atoms with Crippen molar-refractivity contribution in [2.45, 2.75) is 401 Å². The van der Waals surface area contributed by atoms with Crippen molar-refractivity contribution in [1.82, 2.24) is 0 Å². The summed E-state index contributed by atoms with van der Waals surface area (Å²) in [7, 11) is -9.91. The average molecular weight is 1400 g/mol. The molecule has 0 heterocycles. The predicted molar refractivity (Wildman–Crippen MR) is 386 cm³/mol. The Morgan fingerprint density at radius 2 is 0.505 bits per heavy atom. The number of hydrogen-bond donors (Lipinski definition) is 3. The van der Waals surface area contributed by atoms with E-state index in [0.29, 0.717) is 37.5 Å². The number of carbonyl (C=O) groups excluding carboxylic acids is 4. The molecule has 19 heteroatoms. The fraction of sp³-hybridized carbons (Fsp3) is 0.947. The first-order valence-corrected chi connectivity index (χ1v) is 42.2. The van der Waals surface area contributed by atoms with Crippen LogP contribution in [0.2, 0.25) is 0 Å². The summed E-state index contributed by atoms with van der Waals surface area (Å²) in [5.41, 5.74) is 0. The summed E-state index contributed by atoms with van der Waals surface area (Å²) >= 11 is 0. The van der Waals surface area contributed by atoms with E-state index in [1.807, 2.05) is 0 Å². The van der Waals surface area contributed by atoms with Gasteiger partial charge in [-0.05, 0) is 49.4 Å². The molecule has 0 aromatic carbocycles. The number of carbonyl (C=O) groups is 4. The lowest BCUT2D eigenvalue weighted by Gasteiger charge is -2.21. The first kappa shape index (κ1) is 93.1. The Hall–Kier alpha value is -1.94. The molecular weight excluding hydrogens is 1250 g/mol. The molecule has 4 unspecified atom stereocenters. The molecule has 0 aromatic rings. The highest BCUT2D eigenvalue weighted by Gasteiger charge is 2.30. The van der Waals surface area contributed by atoms with E-state index >= 15 is 0 Å². The molecule has 3 N–H and O–H groups in total. The summed E-state index contributed by atoms with van der Waals surface area (Å²) in [5.74, 6) is 0.905. The number of ether oxygens (including phenoxy) is 4. The van der Waals surface area contributed by atoms with Gasteiger partial charge in [0.15, 0.2) is 12.2 Å². The molecule has 0 aliphatic heterocycles. The molecule has 564 valence electrons. The molecule has 0 amide bonds. The Morgan fingerprint density at radius 1 is 0.295 bits per heavy atom. The summed E-state index contributed by atoms with van der Waals surface area (Å²) in [6.07, 6.45) is 50.3. The molecule has 0 aliphatic carbocycles. The van der Waals surface area contributed by atoms with E-state index in [1.54, 1.807) is 0 Å². The van der Waals surface area contributed by atoms with Crippen molar-refractivity contribution in [1.29, 1.82) is 0 Å². The summed E-state index contributed by atoms with van der Waals surface area (Å²) < 4.78 is 68.4. The molecule has 6 atom stereocenters. The zero-order valence-corrected chi connectivity index (χ0v) is 64.1. The number of aliphatic hydroxyl groups excluding tert-OH is 1. The maximum Gasteiger partial charge on any atom is 0.472 e. The largest absolute Gasteiger partial charge is 0.472 e. The molecule has 0 spiro atoms. The third kappa shape index (κ3) is 69.0. The topological polar surface area (TPSA) is 237 Å². The monoisotopic (exact) mass is 1400 g/mol. The van der Waals surface area contributed by atoms with Crippen LogP contribution in [0.4, 0.5) is 0 Å². The van der Waals surface area contributed by atoms with Crippen LogP contribution in [0, 0.1) is 23.7 Å². The van der Waals surface area contributed by atoms with Crippen molar-refractivity contribution in [3.63, 3.8) is 0 Å². The second kappa shape index (κ2) is 65.4. The quantitative estimate of drug-likeness (QED) is 0.0222. The van der Waals surface area contributed by atoms with E-state index in [2.05, 4.69) is 55.4 Å². The highest BCUT2D eigenvalue weighted by molar-refractivity contribution is 7.47. The number of phosphoric acid groups is 2. The van der Waals surface area contributed by atoms with Crippen molar-refractivity contribution in [2.24, 2.45) is 23.7 Å². The second-order valence-corrected chi connectivity index (χ2v) is 32.0. The van der Waals surface area contributed by atoms with Crippen molar-refractivity contribution in [2.75, 3.05) is 39.6 Å². The zero-order valence-electron chi connectivity index (χ0n) is 62.3. The molecule has 0 rings (SSSR count). The molecule has 0 saturated carbocycles. The van der Waals surface area contributed by atoms with Gasteiger partial charge in [-0.2, -0.15) is 0 Å². The maximum atomic E-state index is 13.1. The molecule has 0 aromatic heterocycles. The SMILES string of the molecule is CCC(C)CCCCCCCCCCCCCCCCCCCCC(=O)O[C@H](COC(=O)CCCCCCCCCC(C)C)COP(=O)(O)OCC(O)COP(=O)(O)OC[C@@H](COC(=O)CCCCCCCCCCCCC(C)C)OC(=O)CCCCCCCCCC(C)C. The smallest absolute Gasteiger partial charge is 0.462 e. The van der Waals surface area contributed by atoms with Crippen LogP contribution in [0.3, 0.4) is 0 Å². The fourth-order valence-electron chi connectivity index (χ4n) is 11.5. The molecule has 0 bridgehead atoms. The van der Waals surface area contributed by atoms with Gasteiger partial charge in [0.1, 0.15) is 19.3 Å². The minimum atomic E-state index is -4.96. The molecule has 0 aliphatic rings. The Kier molecular flexibility index (Phi) is 64.0. The third-order valence-corrected chi connectivity index (χ3v) is 19.8. The average Bonchev–Trinajstić information content (AvgIpc) is 2.14. The van der Waals surface area contributed by atoms with Crippen molar-refractivity contribution < 1.29 is 80.2 Å². The van der Waals surface area contributed by atoms with Gasteiger partial charge in [0, 0.05) is 25.7 Å². The van der Waals surface area contributed by atoms with E-state index in [9.17, 15) is 43.2 Å². The first-order valence-electron chi connectivity index (χ1n) is 39.2. The van der Waals surface area contributed by atoms with Gasteiger partial charge in [-0.15, -0.1) is 0 Å². The molecular formula is C76H148O17P2. The van der Waals surface area contributed by atoms with Gasteiger partial charge >= 0.3 is 39.5 Å². The van der Waals surface area contributed by atoms with E-state index < -0.39 is 97.5 Å². The highest BCUT2D eigenvalue weighted by atomic mass is 31.2. The summed E-state index contributed by atoms with van der Waals surface area (Å²) in [5, 5.41) is 10.6. The molecule has 0 fully saturated rings. The van der Waals surface area contributed by atoms with Gasteiger partial charge < -0.3 is 33.8 Å². The van der Waals surface area contributed by atoms with Crippen LogP contribution in [0.25, 0.3) is 0 Å². The van der Waals surface area contributed by atoms with Crippen LogP contribution in [0.5, 0.6) is 0 Å². The minimum absolute atomic E-state index is 0.103. The van der Waals surface area contributed by atoms with Crippen LogP contribution in [0.1, 0.15) is 383 Å². The Labute approximate surface area is 581 Å². The molecule has 0 radical (unpaired) electrons. The van der Waals surface area contributed by atoms with Gasteiger partial charge in [-0.3, -0.25) is 37.3 Å². The number of unbranched alkanes of at least 4 members (excludes halogenated alkanes) is 38. The van der Waals surface area contributed by atoms with Gasteiger partial charge in [-0.25, -0.2) is 9.13 Å². The van der Waals surface area contributed by atoms with Crippen molar-refractivity contribution in [3.05, 3.63) is 0 Å². The summed E-state index contributed by atoms with van der Waals surface area (Å²) in [4.78, 5) is 72.7. The number of rotatable bonds is 73. The molecule has 95 heavy (non-hydrogen) atoms. The van der Waals surface area contributed by atoms with Crippen LogP contribution in [0.15, 0.2) is 0 Å². The van der Waals surface area contributed by atoms with E-state index in [-0.39, 0.29) is 25.7 Å². The Bertz CT molecular complexity index is 1870. The lowest BCUT2D eigenvalue weighted by atomic mass is 9.99. The van der Waals surface area contributed by atoms with Gasteiger partial charge in [-0.1, -0.05) is 331 Å². The van der Waals surface area contributed by atoms with Crippen molar-refractivity contribution >= 4 is 39.5 Å². The van der Waals surface area contributed by atoms with Gasteiger partial charge in [0.25, 0.3) is 0 Å². The third-order valence-electron chi connectivity index (χ3n) is 17.9. The Balaban J connectivity index is 5.15. The number of aliphatic hydroxyl groups is 1. The number of phosphoric ester groups is 2. The number of esters is 4. The van der Waals surface area contributed by atoms with Gasteiger partial charge in [0.05, 0.1) is 26.4 Å². The van der Waals surface area contributed by atoms with Crippen LogP contribution in [-0.2, 0) is 65.4 Å². The second-order valence-electron chi connectivity index (χ2n) is 29.1. The lowest BCUT2D eigenvalue weighted by molar-refractivity contribution is -0.161. The zero-order chi connectivity index (χ0) is 70.3. The predicted octanol–water partition coefficient (Wildman–Crippen LogP) is 22.0. The van der Waals surface area contributed by atoms with Crippen molar-refractivity contribution in [3.8, 4) is 0 Å². The van der Waals surface area contributed by atoms with E-state index in [0.717, 1.165) is 108 Å². The first-order chi connectivity index (χ1) is 45.6. The van der Waals surface area contributed by atoms with Crippen LogP contribution < -0.4 is 0 Å². The summed E-state index contributed by atoms with van der Waals surface area (Å²) in [6.45, 7) is 14.1. The summed E-state index contributed by atoms with van der Waals surface area (Å²) in [6, 6.07) is 0. The van der Waals surface area contributed by atoms with E-state index in [1.165, 1.54) is 180 Å². The minimum Gasteiger partial charge on any atom is -0.462 e. The Morgan fingerprint density at radius 3 is 0.747 bits per heavy atom. The van der Waals surface area contributed by atoms with Crippen LogP contribution in [-0.4, -0.2) is 96.7 Å². The normalized spacial score (nSPS) is 14.4. The van der Waals surface area contributed by atoms with E-state index in [4.69, 9.17) is 37.0 Å². The fourth-order valence-corrected chi connectivity index (χ4v) is 13.1. The van der Waals surface area contributed by atoms with Gasteiger partial charge in [0.2, 0.25) is 0 Å². The standard InChI is InChI=1S/C76H148O17P2/c1-9-69(8)55-47-39-31-23-18-16-14-12-10-11-13-15-17-19-25-33-42-50-58-75(80)92-71(63-87-74(79)57-49-41-34-26-29-37-45-53-67(4)5)64-90-94(82,83)88-60-70(77)61-89-95(84,85)91-65-72(93-76(81)59-51-43-35-27-30-38-46-54-68(6)7)62-86-73(78)56-48-40-32-24-21-20-22-28-36-44-52-66(2)3/h66-72,77H,9-65H2,1-8H3,(H,82,83)(H,84,85)/t69?,70?,71-,72-/m1/s1. The van der Waals surface area contributed by atoms with Crippen LogP contribution >= 0.6 is 15.6 Å².